The molecule has 3 aromatic rings. The number of carboxylic acids is 1. The first-order chi connectivity index (χ1) is 9.65. The number of aromatic carboxylic acids is 1. The number of hydrogen-bond acceptors (Lipinski definition) is 4. The first-order valence-corrected chi connectivity index (χ1v) is 6.10. The normalized spacial score (nSPS) is 10.8. The maximum atomic E-state index is 11.1. The van der Waals surface area contributed by atoms with Crippen LogP contribution >= 0.6 is 0 Å². The molecular weight excluding hydrogens is 256 g/mol. The molecule has 1 N–H and O–H groups in total. The molecule has 0 amide bonds. The van der Waals surface area contributed by atoms with Crippen molar-refractivity contribution in [3.63, 3.8) is 0 Å². The van der Waals surface area contributed by atoms with Crippen LogP contribution in [0.25, 0.3) is 11.0 Å². The minimum Gasteiger partial charge on any atom is -0.478 e. The van der Waals surface area contributed by atoms with Crippen LogP contribution in [0.15, 0.2) is 36.9 Å². The Labute approximate surface area is 114 Å². The first kappa shape index (κ1) is 12.3. The Hall–Kier alpha value is -2.76. The van der Waals surface area contributed by atoms with Gasteiger partial charge in [0.1, 0.15) is 5.52 Å². The zero-order valence-corrected chi connectivity index (χ0v) is 10.8. The monoisotopic (exact) mass is 268 g/mol. The summed E-state index contributed by atoms with van der Waals surface area (Å²) in [5.41, 5.74) is 3.12. The summed E-state index contributed by atoms with van der Waals surface area (Å²) in [6, 6.07) is 5.11. The van der Waals surface area contributed by atoms with E-state index in [2.05, 4.69) is 15.0 Å². The molecule has 20 heavy (non-hydrogen) atoms. The SMILES string of the molecule is Cc1cnc(Cn2cnc3c(C(=O)O)cccc32)cn1. The summed E-state index contributed by atoms with van der Waals surface area (Å²) in [5, 5.41) is 9.14. The summed E-state index contributed by atoms with van der Waals surface area (Å²) < 4.78 is 1.86. The lowest BCUT2D eigenvalue weighted by Gasteiger charge is -2.04. The van der Waals surface area contributed by atoms with Gasteiger partial charge < -0.3 is 9.67 Å². The zero-order valence-electron chi connectivity index (χ0n) is 10.8. The molecule has 0 aliphatic rings. The lowest BCUT2D eigenvalue weighted by molar-refractivity contribution is 0.0699. The van der Waals surface area contributed by atoms with Crippen molar-refractivity contribution in [2.45, 2.75) is 13.5 Å². The van der Waals surface area contributed by atoms with Crippen LogP contribution in [0.5, 0.6) is 0 Å². The molecule has 2 aromatic heterocycles. The van der Waals surface area contributed by atoms with Crippen molar-refractivity contribution in [3.05, 3.63) is 53.9 Å². The topological polar surface area (TPSA) is 80.9 Å². The molecule has 0 saturated carbocycles. The van der Waals surface area contributed by atoms with Crippen LogP contribution in [0.4, 0.5) is 0 Å². The smallest absolute Gasteiger partial charge is 0.337 e. The van der Waals surface area contributed by atoms with Crippen LogP contribution in [-0.2, 0) is 6.54 Å². The van der Waals surface area contributed by atoms with Gasteiger partial charge in [-0.2, -0.15) is 0 Å². The maximum absolute atomic E-state index is 11.1. The third-order valence-electron chi connectivity index (χ3n) is 3.05. The standard InChI is InChI=1S/C14H12N4O2/c1-9-5-16-10(6-15-9)7-18-8-17-13-11(14(19)20)3-2-4-12(13)18/h2-6,8H,7H2,1H3,(H,19,20). The van der Waals surface area contributed by atoms with Gasteiger partial charge in [-0.25, -0.2) is 9.78 Å². The molecule has 0 atom stereocenters. The van der Waals surface area contributed by atoms with E-state index in [0.717, 1.165) is 16.9 Å². The predicted octanol–water partition coefficient (Wildman–Crippen LogP) is 1.88. The quantitative estimate of drug-likeness (QED) is 0.784. The zero-order chi connectivity index (χ0) is 14.1. The van der Waals surface area contributed by atoms with Crippen molar-refractivity contribution >= 4 is 17.0 Å². The maximum Gasteiger partial charge on any atom is 0.337 e. The molecule has 0 unspecified atom stereocenters. The minimum absolute atomic E-state index is 0.205. The Balaban J connectivity index is 2.03. The number of fused-ring (bicyclic) bond motifs is 1. The molecule has 0 bridgehead atoms. The van der Waals surface area contributed by atoms with Crippen molar-refractivity contribution in [2.24, 2.45) is 0 Å². The number of carbonyl (C=O) groups is 1. The number of carboxylic acid groups (broad SMARTS) is 1. The van der Waals surface area contributed by atoms with Crippen LogP contribution in [0, 0.1) is 6.92 Å². The fourth-order valence-corrected chi connectivity index (χ4v) is 2.06. The first-order valence-electron chi connectivity index (χ1n) is 6.10. The number of aromatic nitrogens is 4. The number of nitrogens with zero attached hydrogens (tertiary/aromatic N) is 4. The molecule has 0 spiro atoms. The van der Waals surface area contributed by atoms with Gasteiger partial charge in [0, 0.05) is 6.20 Å². The van der Waals surface area contributed by atoms with Crippen molar-refractivity contribution in [3.8, 4) is 0 Å². The summed E-state index contributed by atoms with van der Waals surface area (Å²) >= 11 is 0. The molecule has 100 valence electrons. The molecule has 0 saturated heterocycles. The summed E-state index contributed by atoms with van der Waals surface area (Å²) in [4.78, 5) is 23.8. The molecule has 0 aliphatic carbocycles. The molecule has 3 rings (SSSR count). The van der Waals surface area contributed by atoms with Gasteiger partial charge in [0.15, 0.2) is 0 Å². The summed E-state index contributed by atoms with van der Waals surface area (Å²) in [7, 11) is 0. The van der Waals surface area contributed by atoms with Crippen LogP contribution in [0.1, 0.15) is 21.7 Å². The molecule has 0 radical (unpaired) electrons. The number of hydrogen-bond donors (Lipinski definition) is 1. The lowest BCUT2D eigenvalue weighted by Crippen LogP contribution is -2.02. The highest BCUT2D eigenvalue weighted by atomic mass is 16.4. The van der Waals surface area contributed by atoms with Gasteiger partial charge in [-0.1, -0.05) is 6.07 Å². The van der Waals surface area contributed by atoms with Gasteiger partial charge in [0.2, 0.25) is 0 Å². The summed E-state index contributed by atoms with van der Waals surface area (Å²) in [6.45, 7) is 2.38. The van der Waals surface area contributed by atoms with Crippen LogP contribution in [-0.4, -0.2) is 30.6 Å². The van der Waals surface area contributed by atoms with Crippen LogP contribution in [0.2, 0.25) is 0 Å². The van der Waals surface area contributed by atoms with Gasteiger partial charge in [-0.05, 0) is 19.1 Å². The Morgan fingerprint density at radius 3 is 2.80 bits per heavy atom. The van der Waals surface area contributed by atoms with Crippen LogP contribution < -0.4 is 0 Å². The van der Waals surface area contributed by atoms with E-state index >= 15 is 0 Å². The van der Waals surface area contributed by atoms with E-state index in [9.17, 15) is 4.79 Å². The van der Waals surface area contributed by atoms with E-state index in [4.69, 9.17) is 5.11 Å². The number of rotatable bonds is 3. The number of benzene rings is 1. The van der Waals surface area contributed by atoms with Gasteiger partial charge in [0.25, 0.3) is 0 Å². The fraction of sp³-hybridized carbons (Fsp3) is 0.143. The lowest BCUT2D eigenvalue weighted by atomic mass is 10.2. The predicted molar refractivity (Wildman–Crippen MR) is 72.6 cm³/mol. The van der Waals surface area contributed by atoms with Gasteiger partial charge in [0.05, 0.1) is 41.5 Å². The van der Waals surface area contributed by atoms with E-state index in [1.54, 1.807) is 30.9 Å². The van der Waals surface area contributed by atoms with E-state index in [-0.39, 0.29) is 5.56 Å². The highest BCUT2D eigenvalue weighted by Crippen LogP contribution is 2.18. The minimum atomic E-state index is -0.976. The molecular formula is C14H12N4O2. The second-order valence-corrected chi connectivity index (χ2v) is 4.50. The van der Waals surface area contributed by atoms with Crippen molar-refractivity contribution in [2.75, 3.05) is 0 Å². The third-order valence-corrected chi connectivity index (χ3v) is 3.05. The van der Waals surface area contributed by atoms with Crippen molar-refractivity contribution in [1.82, 2.24) is 19.5 Å². The molecule has 1 aromatic carbocycles. The number of aryl methyl sites for hydroxylation is 1. The third kappa shape index (κ3) is 2.11. The second kappa shape index (κ2) is 4.73. The summed E-state index contributed by atoms with van der Waals surface area (Å²) in [6.07, 6.45) is 5.04. The van der Waals surface area contributed by atoms with E-state index in [0.29, 0.717) is 12.1 Å². The largest absolute Gasteiger partial charge is 0.478 e. The fourth-order valence-electron chi connectivity index (χ4n) is 2.06. The summed E-state index contributed by atoms with van der Waals surface area (Å²) in [5.74, 6) is -0.976. The Bertz CT molecular complexity index is 777. The Morgan fingerprint density at radius 1 is 1.25 bits per heavy atom. The number of imidazole rings is 1. The average molecular weight is 268 g/mol. The second-order valence-electron chi connectivity index (χ2n) is 4.50. The Morgan fingerprint density at radius 2 is 2.10 bits per heavy atom. The van der Waals surface area contributed by atoms with Gasteiger partial charge >= 0.3 is 5.97 Å². The van der Waals surface area contributed by atoms with Gasteiger partial charge in [-0.3, -0.25) is 9.97 Å². The van der Waals surface area contributed by atoms with Crippen molar-refractivity contribution in [1.29, 1.82) is 0 Å². The van der Waals surface area contributed by atoms with E-state index in [1.165, 1.54) is 0 Å². The highest BCUT2D eigenvalue weighted by molar-refractivity contribution is 6.00. The molecule has 6 heteroatoms. The van der Waals surface area contributed by atoms with Crippen molar-refractivity contribution < 1.29 is 9.90 Å². The average Bonchev–Trinajstić information content (AvgIpc) is 2.84. The molecule has 0 fully saturated rings. The number of para-hydroxylation sites is 1. The highest BCUT2D eigenvalue weighted by Gasteiger charge is 2.12. The van der Waals surface area contributed by atoms with E-state index < -0.39 is 5.97 Å². The molecule has 6 nitrogen and oxygen atoms in total. The van der Waals surface area contributed by atoms with Gasteiger partial charge in [-0.15, -0.1) is 0 Å². The molecule has 0 aliphatic heterocycles. The molecule has 2 heterocycles. The van der Waals surface area contributed by atoms with E-state index in [1.807, 2.05) is 17.6 Å². The van der Waals surface area contributed by atoms with Crippen LogP contribution in [0.3, 0.4) is 0 Å². The Kier molecular flexibility index (Phi) is 2.90.